The summed E-state index contributed by atoms with van der Waals surface area (Å²) in [6.07, 6.45) is 0.541. The quantitative estimate of drug-likeness (QED) is 0.0514. The van der Waals surface area contributed by atoms with Crippen LogP contribution >= 0.6 is 0 Å². The molecule has 0 rings (SSSR count). The molecule has 0 heterocycles. The standard InChI is InChI=1S/C31H62O12/c1-2-3-4-5-6-7-8-9-10-11-12-23(13-24(37)18-32)30(14-25(38)19-33,15-26(39)20-34)31(29(42)43,16-27(40)21-35)17-28(41)22-36/h23-28,32-41H,2-22H2,1H3,(H,42,43). The zero-order valence-corrected chi connectivity index (χ0v) is 26.1. The highest BCUT2D eigenvalue weighted by atomic mass is 16.4. The molecule has 0 saturated carbocycles. The summed E-state index contributed by atoms with van der Waals surface area (Å²) in [6.45, 7) is -1.74. The van der Waals surface area contributed by atoms with Crippen molar-refractivity contribution in [2.45, 2.75) is 140 Å². The number of unbranched alkanes of at least 4 members (excludes halogenated alkanes) is 9. The number of aliphatic carboxylic acids is 1. The highest BCUT2D eigenvalue weighted by Gasteiger charge is 2.61. The molecule has 12 heteroatoms. The lowest BCUT2D eigenvalue weighted by molar-refractivity contribution is -0.188. The fraction of sp³-hybridized carbons (Fsp3) is 0.968. The molecule has 0 aliphatic carbocycles. The van der Waals surface area contributed by atoms with Gasteiger partial charge in [-0.2, -0.15) is 0 Å². The molecule has 0 aromatic carbocycles. The third-order valence-electron chi connectivity index (χ3n) is 9.03. The predicted molar refractivity (Wildman–Crippen MR) is 161 cm³/mol. The highest BCUT2D eigenvalue weighted by molar-refractivity contribution is 5.76. The summed E-state index contributed by atoms with van der Waals surface area (Å²) >= 11 is 0. The lowest BCUT2D eigenvalue weighted by atomic mass is 9.48. The largest absolute Gasteiger partial charge is 0.481 e. The Kier molecular flexibility index (Phi) is 22.9. The van der Waals surface area contributed by atoms with Crippen LogP contribution in [0.1, 0.15) is 110 Å². The van der Waals surface area contributed by atoms with Gasteiger partial charge in [0.1, 0.15) is 0 Å². The van der Waals surface area contributed by atoms with Crippen LogP contribution in [0.5, 0.6) is 0 Å². The van der Waals surface area contributed by atoms with Crippen molar-refractivity contribution < 1.29 is 61.0 Å². The number of hydrogen-bond donors (Lipinski definition) is 11. The molecule has 0 radical (unpaired) electrons. The van der Waals surface area contributed by atoms with Crippen LogP contribution in [0.4, 0.5) is 0 Å². The van der Waals surface area contributed by atoms with Crippen LogP contribution in [0.2, 0.25) is 0 Å². The number of aliphatic hydroxyl groups is 10. The minimum atomic E-state index is -2.22. The van der Waals surface area contributed by atoms with Gasteiger partial charge in [0.25, 0.3) is 0 Å². The summed E-state index contributed by atoms with van der Waals surface area (Å²) in [5.74, 6) is -2.41. The van der Waals surface area contributed by atoms with E-state index in [1.165, 1.54) is 25.7 Å². The Hall–Kier alpha value is -0.930. The number of aliphatic hydroxyl groups excluding tert-OH is 10. The average Bonchev–Trinajstić information content (AvgIpc) is 2.99. The summed E-state index contributed by atoms with van der Waals surface area (Å²) in [5.41, 5.74) is -4.02. The average molecular weight is 627 g/mol. The fourth-order valence-corrected chi connectivity index (χ4v) is 6.88. The first-order valence-corrected chi connectivity index (χ1v) is 16.1. The van der Waals surface area contributed by atoms with Crippen molar-refractivity contribution in [1.82, 2.24) is 0 Å². The highest BCUT2D eigenvalue weighted by Crippen LogP contribution is 2.59. The molecule has 0 bridgehead atoms. The van der Waals surface area contributed by atoms with E-state index in [-0.39, 0.29) is 12.8 Å². The first-order valence-electron chi connectivity index (χ1n) is 16.1. The number of carboxylic acids is 1. The van der Waals surface area contributed by atoms with Crippen LogP contribution in [-0.4, -0.2) is 126 Å². The Morgan fingerprint density at radius 2 is 0.884 bits per heavy atom. The van der Waals surface area contributed by atoms with Gasteiger partial charge in [-0.3, -0.25) is 4.79 Å². The first kappa shape index (κ1) is 42.1. The molecule has 0 amide bonds. The number of carboxylic acid groups (broad SMARTS) is 1. The molecule has 0 saturated heterocycles. The number of rotatable bonds is 29. The zero-order chi connectivity index (χ0) is 32.9. The van der Waals surface area contributed by atoms with E-state index in [0.717, 1.165) is 32.1 Å². The van der Waals surface area contributed by atoms with Crippen molar-refractivity contribution in [2.24, 2.45) is 16.7 Å². The molecular weight excluding hydrogens is 564 g/mol. The van der Waals surface area contributed by atoms with Crippen LogP contribution < -0.4 is 0 Å². The lowest BCUT2D eigenvalue weighted by Crippen LogP contribution is -2.58. The van der Waals surface area contributed by atoms with Crippen molar-refractivity contribution in [1.29, 1.82) is 0 Å². The van der Waals surface area contributed by atoms with E-state index in [1.54, 1.807) is 0 Å². The predicted octanol–water partition coefficient (Wildman–Crippen LogP) is 0.688. The molecule has 11 N–H and O–H groups in total. The molecule has 12 nitrogen and oxygen atoms in total. The number of hydrogen-bond acceptors (Lipinski definition) is 11. The SMILES string of the molecule is CCCCCCCCCCCCC(CC(O)CO)C(CC(O)CO)(CC(O)CO)C(CC(O)CO)(CC(O)CO)C(=O)O. The van der Waals surface area contributed by atoms with Crippen molar-refractivity contribution in [3.05, 3.63) is 0 Å². The van der Waals surface area contributed by atoms with Crippen LogP contribution in [0, 0.1) is 16.7 Å². The molecule has 0 spiro atoms. The Labute approximate surface area is 257 Å². The Bertz CT molecular complexity index is 670. The second-order valence-corrected chi connectivity index (χ2v) is 12.4. The topological polar surface area (TPSA) is 240 Å². The molecule has 6 atom stereocenters. The smallest absolute Gasteiger partial charge is 0.310 e. The van der Waals surface area contributed by atoms with Crippen molar-refractivity contribution in [3.63, 3.8) is 0 Å². The van der Waals surface area contributed by atoms with E-state index in [4.69, 9.17) is 0 Å². The third kappa shape index (κ3) is 14.4. The zero-order valence-electron chi connectivity index (χ0n) is 26.1. The second-order valence-electron chi connectivity index (χ2n) is 12.4. The van der Waals surface area contributed by atoms with Gasteiger partial charge >= 0.3 is 5.97 Å². The van der Waals surface area contributed by atoms with Crippen molar-refractivity contribution in [3.8, 4) is 0 Å². The minimum absolute atomic E-state index is 0.177. The van der Waals surface area contributed by atoms with Crippen LogP contribution in [0.25, 0.3) is 0 Å². The maximum Gasteiger partial charge on any atom is 0.310 e. The molecule has 0 fully saturated rings. The summed E-state index contributed by atoms with van der Waals surface area (Å²) in [6, 6.07) is 0. The Balaban J connectivity index is 6.74. The lowest BCUT2D eigenvalue weighted by Gasteiger charge is -2.55. The van der Waals surface area contributed by atoms with Gasteiger partial charge in [0, 0.05) is 0 Å². The van der Waals surface area contributed by atoms with E-state index >= 15 is 0 Å². The molecule has 0 aromatic heterocycles. The molecular formula is C31H62O12. The van der Waals surface area contributed by atoms with Crippen LogP contribution in [0.3, 0.4) is 0 Å². The Morgan fingerprint density at radius 1 is 0.535 bits per heavy atom. The van der Waals surface area contributed by atoms with Gasteiger partial charge in [0.2, 0.25) is 0 Å². The van der Waals surface area contributed by atoms with E-state index in [2.05, 4.69) is 6.92 Å². The monoisotopic (exact) mass is 626 g/mol. The third-order valence-corrected chi connectivity index (χ3v) is 9.03. The molecule has 43 heavy (non-hydrogen) atoms. The molecule has 258 valence electrons. The van der Waals surface area contributed by atoms with Gasteiger partial charge in [-0.25, -0.2) is 0 Å². The molecule has 0 aliphatic heterocycles. The minimum Gasteiger partial charge on any atom is -0.481 e. The maximum atomic E-state index is 13.3. The van der Waals surface area contributed by atoms with E-state index in [9.17, 15) is 61.0 Å². The van der Waals surface area contributed by atoms with Crippen LogP contribution in [0.15, 0.2) is 0 Å². The van der Waals surface area contributed by atoms with Crippen LogP contribution in [-0.2, 0) is 4.79 Å². The second kappa shape index (κ2) is 23.4. The van der Waals surface area contributed by atoms with E-state index in [1.807, 2.05) is 0 Å². The first-order chi connectivity index (χ1) is 20.4. The summed E-state index contributed by atoms with van der Waals surface area (Å²) in [7, 11) is 0. The maximum absolute atomic E-state index is 13.3. The van der Waals surface area contributed by atoms with Gasteiger partial charge in [0.15, 0.2) is 0 Å². The van der Waals surface area contributed by atoms with Gasteiger partial charge in [-0.15, -0.1) is 0 Å². The van der Waals surface area contributed by atoms with Gasteiger partial charge < -0.3 is 56.2 Å². The Morgan fingerprint density at radius 3 is 1.23 bits per heavy atom. The summed E-state index contributed by atoms with van der Waals surface area (Å²) in [5, 5.41) is 113. The summed E-state index contributed by atoms with van der Waals surface area (Å²) in [4.78, 5) is 13.3. The van der Waals surface area contributed by atoms with Crippen molar-refractivity contribution in [2.75, 3.05) is 33.0 Å². The fourth-order valence-electron chi connectivity index (χ4n) is 6.88. The normalized spacial score (nSPS) is 19.1. The molecule has 0 aromatic rings. The van der Waals surface area contributed by atoms with Gasteiger partial charge in [0.05, 0.1) is 69.0 Å². The van der Waals surface area contributed by atoms with Crippen molar-refractivity contribution >= 4 is 5.97 Å². The van der Waals surface area contributed by atoms with E-state index < -0.39 is 112 Å². The molecule has 0 aliphatic rings. The number of carbonyl (C=O) groups is 1. The van der Waals surface area contributed by atoms with Gasteiger partial charge in [-0.1, -0.05) is 71.1 Å². The van der Waals surface area contributed by atoms with E-state index in [0.29, 0.717) is 6.42 Å². The van der Waals surface area contributed by atoms with Gasteiger partial charge in [-0.05, 0) is 49.9 Å². The summed E-state index contributed by atoms with van der Waals surface area (Å²) < 4.78 is 0. The molecule has 6 unspecified atom stereocenters.